The van der Waals surface area contributed by atoms with E-state index in [9.17, 15) is 4.79 Å². The summed E-state index contributed by atoms with van der Waals surface area (Å²) in [6.07, 6.45) is 10.1. The van der Waals surface area contributed by atoms with Crippen LogP contribution < -0.4 is 0 Å². The summed E-state index contributed by atoms with van der Waals surface area (Å²) in [6, 6.07) is 0. The summed E-state index contributed by atoms with van der Waals surface area (Å²) < 4.78 is 19.6. The topological polar surface area (TPSA) is 55.8 Å². The van der Waals surface area contributed by atoms with E-state index < -0.39 is 5.60 Å². The van der Waals surface area contributed by atoms with Crippen LogP contribution in [0, 0.1) is 0 Å². The number of hydrogen-bond acceptors (Lipinski definition) is 4. The normalized spacial score (nSPS) is 22.8. The van der Waals surface area contributed by atoms with Crippen LogP contribution in [0.4, 0.5) is 4.79 Å². The number of hydrogen-bond donors (Lipinski definition) is 0. The predicted octanol–water partition coefficient (Wildman–Crippen LogP) is 3.39. The molecule has 1 saturated heterocycles. The number of carbonyl (C=O) groups is 1. The molecule has 131 valence electrons. The van der Waals surface area contributed by atoms with Crippen LogP contribution in [-0.4, -0.2) is 41.9 Å². The first-order chi connectivity index (χ1) is 10.4. The molecule has 1 unspecified atom stereocenters. The number of allylic oxidation sites excluding steroid dienone is 1. The standard InChI is InChI=1S/C16H27NO3.Ag.O/c1-16(2,3)20-15(18)17-11-9-14(10-12-17)19-13-7-5-4-6-8-13;;/h5,7,13-14H,4,6,8-12H2,1-3H3;;. The number of carbonyl (C=O) groups excluding carboxylic acids is 1. The number of rotatable bonds is 2. The molecule has 0 aromatic heterocycles. The third kappa shape index (κ3) is 7.18. The molecule has 2 rings (SSSR count). The molecule has 0 saturated carbocycles. The summed E-state index contributed by atoms with van der Waals surface area (Å²) >= 11 is 1.70. The van der Waals surface area contributed by atoms with Gasteiger partial charge in [-0.2, -0.15) is 0 Å². The van der Waals surface area contributed by atoms with Gasteiger partial charge in [-0.15, -0.1) is 0 Å². The Morgan fingerprint density at radius 3 is 2.32 bits per heavy atom. The number of likely N-dealkylation sites (tertiary alicyclic amines) is 1. The van der Waals surface area contributed by atoms with Crippen molar-refractivity contribution in [2.45, 2.75) is 70.7 Å². The minimum absolute atomic E-state index is 0.200. The summed E-state index contributed by atoms with van der Waals surface area (Å²) in [5, 5.41) is 0. The molecule has 0 aromatic rings. The average molecular weight is 405 g/mol. The quantitative estimate of drug-likeness (QED) is 0.522. The molecule has 0 aromatic carbocycles. The molecule has 2 aliphatic rings. The second kappa shape index (κ2) is 9.60. The molecule has 0 bridgehead atoms. The number of amides is 1. The van der Waals surface area contributed by atoms with Gasteiger partial charge in [0.1, 0.15) is 5.60 Å². The number of piperidine rings is 1. The van der Waals surface area contributed by atoms with Crippen molar-refractivity contribution in [3.05, 3.63) is 12.2 Å². The van der Waals surface area contributed by atoms with E-state index in [-0.39, 0.29) is 18.3 Å². The first kappa shape index (κ1) is 19.6. The fourth-order valence-corrected chi connectivity index (χ4v) is 2.64. The summed E-state index contributed by atoms with van der Waals surface area (Å²) in [7, 11) is 0. The van der Waals surface area contributed by atoms with E-state index in [0.717, 1.165) is 32.4 Å². The average Bonchev–Trinajstić information content (AvgIpc) is 2.49. The molecular weight excluding hydrogens is 378 g/mol. The van der Waals surface area contributed by atoms with Crippen LogP contribution in [0.3, 0.4) is 0 Å². The van der Waals surface area contributed by atoms with Crippen LogP contribution in [0.1, 0.15) is 52.9 Å². The molecule has 0 spiro atoms. The first-order valence-corrected chi connectivity index (χ1v) is 8.47. The molecule has 5 nitrogen and oxygen atoms in total. The van der Waals surface area contributed by atoms with E-state index in [2.05, 4.69) is 12.2 Å². The Kier molecular flexibility index (Phi) is 8.54. The molecule has 1 atom stereocenters. The van der Waals surface area contributed by atoms with Gasteiger partial charge >= 0.3 is 30.4 Å². The molecule has 0 N–H and O–H groups in total. The molecule has 1 aliphatic heterocycles. The zero-order valence-electron chi connectivity index (χ0n) is 13.6. The van der Waals surface area contributed by atoms with Gasteiger partial charge in [-0.25, -0.2) is 4.79 Å². The van der Waals surface area contributed by atoms with Crippen LogP contribution in [0.25, 0.3) is 0 Å². The molecule has 1 aliphatic carbocycles. The molecular formula is C16H27AgNO4. The molecule has 22 heavy (non-hydrogen) atoms. The van der Waals surface area contributed by atoms with Crippen molar-refractivity contribution in [3.8, 4) is 0 Å². The fourth-order valence-electron chi connectivity index (χ4n) is 2.64. The van der Waals surface area contributed by atoms with Crippen LogP contribution in [0.2, 0.25) is 0 Å². The predicted molar refractivity (Wildman–Crippen MR) is 79.4 cm³/mol. The third-order valence-electron chi connectivity index (χ3n) is 3.67. The van der Waals surface area contributed by atoms with Gasteiger partial charge in [-0.1, -0.05) is 12.2 Å². The molecule has 0 radical (unpaired) electrons. The third-order valence-corrected chi connectivity index (χ3v) is 3.67. The van der Waals surface area contributed by atoms with E-state index in [1.165, 1.54) is 12.8 Å². The van der Waals surface area contributed by atoms with E-state index in [1.54, 1.807) is 25.9 Å². The van der Waals surface area contributed by atoms with Gasteiger partial charge in [0.25, 0.3) is 0 Å². The Hall–Kier alpha value is -0.490. The Morgan fingerprint density at radius 2 is 1.82 bits per heavy atom. The molecule has 1 heterocycles. The summed E-state index contributed by atoms with van der Waals surface area (Å²) in [6.45, 7) is 7.16. The van der Waals surface area contributed by atoms with E-state index in [4.69, 9.17) is 12.7 Å². The minimum atomic E-state index is -0.419. The first-order valence-electron chi connectivity index (χ1n) is 7.86. The maximum atomic E-state index is 12.0. The van der Waals surface area contributed by atoms with Crippen molar-refractivity contribution < 1.29 is 38.6 Å². The monoisotopic (exact) mass is 404 g/mol. The summed E-state index contributed by atoms with van der Waals surface area (Å²) in [4.78, 5) is 13.8. The van der Waals surface area contributed by atoms with Crippen molar-refractivity contribution in [2.75, 3.05) is 13.1 Å². The van der Waals surface area contributed by atoms with Gasteiger partial charge in [0.05, 0.1) is 12.2 Å². The van der Waals surface area contributed by atoms with E-state index in [0.29, 0.717) is 0 Å². The van der Waals surface area contributed by atoms with Gasteiger partial charge in [0.2, 0.25) is 0 Å². The van der Waals surface area contributed by atoms with Gasteiger partial charge in [0.15, 0.2) is 0 Å². The van der Waals surface area contributed by atoms with Gasteiger partial charge in [0, 0.05) is 13.1 Å². The summed E-state index contributed by atoms with van der Waals surface area (Å²) in [5.41, 5.74) is -0.419. The maximum absolute atomic E-state index is 12.0. The SMILES string of the molecule is CC(C)(C)OC(=O)N1CCC(OC2C=CCCC2)CC1.[O]=[Ag]. The van der Waals surface area contributed by atoms with Crippen molar-refractivity contribution in [1.29, 1.82) is 0 Å². The van der Waals surface area contributed by atoms with Crippen molar-refractivity contribution in [1.82, 2.24) is 4.90 Å². The van der Waals surface area contributed by atoms with Gasteiger partial charge < -0.3 is 14.4 Å². The van der Waals surface area contributed by atoms with E-state index in [1.807, 2.05) is 20.8 Å². The molecule has 1 fully saturated rings. The molecule has 6 heteroatoms. The zero-order chi connectivity index (χ0) is 16.6. The molecule has 1 amide bonds. The van der Waals surface area contributed by atoms with Crippen LogP contribution in [-0.2, 0) is 33.8 Å². The number of ether oxygens (including phenoxy) is 2. The number of nitrogens with zero attached hydrogens (tertiary/aromatic N) is 1. The Labute approximate surface area is 145 Å². The van der Waals surface area contributed by atoms with Crippen LogP contribution in [0.5, 0.6) is 0 Å². The second-order valence-corrected chi connectivity index (χ2v) is 6.70. The van der Waals surface area contributed by atoms with Gasteiger partial charge in [-0.05, 0) is 52.9 Å². The Balaban J connectivity index is 0.00000116. The van der Waals surface area contributed by atoms with E-state index >= 15 is 0 Å². The van der Waals surface area contributed by atoms with Gasteiger partial charge in [-0.3, -0.25) is 0 Å². The van der Waals surface area contributed by atoms with Crippen molar-refractivity contribution in [3.63, 3.8) is 0 Å². The zero-order valence-corrected chi connectivity index (χ0v) is 15.1. The Bertz CT molecular complexity index is 373. The van der Waals surface area contributed by atoms with Crippen molar-refractivity contribution >= 4 is 6.09 Å². The summed E-state index contributed by atoms with van der Waals surface area (Å²) in [5.74, 6) is 0. The van der Waals surface area contributed by atoms with Crippen molar-refractivity contribution in [2.24, 2.45) is 0 Å². The fraction of sp³-hybridized carbons (Fsp3) is 0.812. The Morgan fingerprint density at radius 1 is 1.18 bits per heavy atom. The van der Waals surface area contributed by atoms with Crippen LogP contribution in [0.15, 0.2) is 12.2 Å². The van der Waals surface area contributed by atoms with Crippen LogP contribution >= 0.6 is 0 Å². The second-order valence-electron chi connectivity index (χ2n) is 6.70.